The fourth-order valence-corrected chi connectivity index (χ4v) is 5.05. The molecule has 0 amide bonds. The molecule has 0 saturated carbocycles. The summed E-state index contributed by atoms with van der Waals surface area (Å²) in [7, 11) is -4.75. The molecule has 0 spiro atoms. The molecule has 2 N–H and O–H groups in total. The van der Waals surface area contributed by atoms with Crippen molar-refractivity contribution in [1.82, 2.24) is 0 Å². The second kappa shape index (κ2) is 32.2. The average Bonchev–Trinajstić information content (AvgIpc) is 3.00. The zero-order valence-corrected chi connectivity index (χ0v) is 29.4. The third kappa shape index (κ3) is 35.0. The second-order valence-electron chi connectivity index (χ2n) is 11.8. The van der Waals surface area contributed by atoms with Gasteiger partial charge in [-0.1, -0.05) is 115 Å². The first kappa shape index (κ1) is 43.3. The van der Waals surface area contributed by atoms with E-state index in [1.54, 1.807) is 0 Å². The van der Waals surface area contributed by atoms with Gasteiger partial charge in [0.1, 0.15) is 6.61 Å². The van der Waals surface area contributed by atoms with Crippen molar-refractivity contribution in [3.8, 4) is 0 Å². The summed E-state index contributed by atoms with van der Waals surface area (Å²) in [6.45, 7) is 3.59. The SMILES string of the molecule is CCCCC/C=C/CCCCCCCC(=O)O[C@H](COC(=O)CCCC/C=C/C/C=C/CCCCCCCC)COP(=O)(O)O. The first-order valence-electron chi connectivity index (χ1n) is 17.8. The van der Waals surface area contributed by atoms with Crippen LogP contribution in [-0.2, 0) is 28.2 Å². The van der Waals surface area contributed by atoms with Gasteiger partial charge in [0.2, 0.25) is 0 Å². The van der Waals surface area contributed by atoms with Crippen LogP contribution in [-0.4, -0.2) is 41.0 Å². The number of unbranched alkanes of at least 4 members (excludes halogenated alkanes) is 16. The Kier molecular flexibility index (Phi) is 31.0. The summed E-state index contributed by atoms with van der Waals surface area (Å²) >= 11 is 0. The Hall–Kier alpha value is -1.73. The van der Waals surface area contributed by atoms with Crippen LogP contribution in [0.2, 0.25) is 0 Å². The molecular formula is C36H65O8P. The minimum atomic E-state index is -4.75. The molecule has 0 rings (SSSR count). The van der Waals surface area contributed by atoms with E-state index in [1.165, 1.54) is 57.8 Å². The number of phosphoric acid groups is 1. The lowest BCUT2D eigenvalue weighted by Gasteiger charge is -2.18. The van der Waals surface area contributed by atoms with Gasteiger partial charge >= 0.3 is 19.8 Å². The lowest BCUT2D eigenvalue weighted by atomic mass is 10.1. The fraction of sp³-hybridized carbons (Fsp3) is 0.778. The number of carbonyl (C=O) groups excluding carboxylic acids is 2. The van der Waals surface area contributed by atoms with E-state index >= 15 is 0 Å². The monoisotopic (exact) mass is 656 g/mol. The van der Waals surface area contributed by atoms with Gasteiger partial charge in [-0.05, 0) is 70.6 Å². The normalized spacial score (nSPS) is 12.9. The molecule has 0 aromatic heterocycles. The van der Waals surface area contributed by atoms with Crippen molar-refractivity contribution in [2.24, 2.45) is 0 Å². The number of hydrogen-bond acceptors (Lipinski definition) is 6. The first-order chi connectivity index (χ1) is 21.8. The maximum atomic E-state index is 12.3. The Morgan fingerprint density at radius 2 is 1.00 bits per heavy atom. The first-order valence-corrected chi connectivity index (χ1v) is 19.3. The van der Waals surface area contributed by atoms with Crippen LogP contribution in [0.15, 0.2) is 36.5 Å². The molecule has 0 aliphatic heterocycles. The van der Waals surface area contributed by atoms with Crippen LogP contribution in [0.5, 0.6) is 0 Å². The van der Waals surface area contributed by atoms with E-state index in [0.29, 0.717) is 12.8 Å². The van der Waals surface area contributed by atoms with Gasteiger partial charge in [0.25, 0.3) is 0 Å². The minimum Gasteiger partial charge on any atom is -0.462 e. The third-order valence-corrected chi connectivity index (χ3v) is 7.87. The van der Waals surface area contributed by atoms with Crippen molar-refractivity contribution < 1.29 is 37.9 Å². The zero-order valence-electron chi connectivity index (χ0n) is 28.5. The molecule has 1 atom stereocenters. The molecule has 0 radical (unpaired) electrons. The molecule has 0 saturated heterocycles. The van der Waals surface area contributed by atoms with Gasteiger partial charge in [-0.25, -0.2) is 4.57 Å². The number of carbonyl (C=O) groups is 2. The highest BCUT2D eigenvalue weighted by Crippen LogP contribution is 2.35. The van der Waals surface area contributed by atoms with E-state index in [2.05, 4.69) is 54.8 Å². The predicted molar refractivity (Wildman–Crippen MR) is 184 cm³/mol. The van der Waals surface area contributed by atoms with Crippen LogP contribution in [0.25, 0.3) is 0 Å². The van der Waals surface area contributed by atoms with Gasteiger partial charge in [0, 0.05) is 12.8 Å². The van der Waals surface area contributed by atoms with Gasteiger partial charge in [-0.3, -0.25) is 14.1 Å². The van der Waals surface area contributed by atoms with Crippen molar-refractivity contribution in [2.45, 2.75) is 168 Å². The number of allylic oxidation sites excluding steroid dienone is 6. The van der Waals surface area contributed by atoms with Gasteiger partial charge in [0.05, 0.1) is 6.61 Å². The van der Waals surface area contributed by atoms with Crippen LogP contribution in [0.1, 0.15) is 162 Å². The van der Waals surface area contributed by atoms with Crippen molar-refractivity contribution in [3.05, 3.63) is 36.5 Å². The van der Waals surface area contributed by atoms with Crippen molar-refractivity contribution in [2.75, 3.05) is 13.2 Å². The van der Waals surface area contributed by atoms with E-state index in [1.807, 2.05) is 0 Å². The molecule has 45 heavy (non-hydrogen) atoms. The zero-order chi connectivity index (χ0) is 33.3. The molecule has 0 aliphatic rings. The van der Waals surface area contributed by atoms with Gasteiger partial charge in [0.15, 0.2) is 6.10 Å². The Labute approximate surface area is 274 Å². The summed E-state index contributed by atoms with van der Waals surface area (Å²) in [6, 6.07) is 0. The summed E-state index contributed by atoms with van der Waals surface area (Å²) in [6.07, 6.45) is 35.8. The van der Waals surface area contributed by atoms with Crippen LogP contribution in [0.3, 0.4) is 0 Å². The summed E-state index contributed by atoms with van der Waals surface area (Å²) in [5, 5.41) is 0. The smallest absolute Gasteiger partial charge is 0.462 e. The van der Waals surface area contributed by atoms with Crippen LogP contribution < -0.4 is 0 Å². The Bertz CT molecular complexity index is 833. The molecule has 9 heteroatoms. The molecule has 0 aromatic carbocycles. The van der Waals surface area contributed by atoms with Crippen molar-refractivity contribution in [1.29, 1.82) is 0 Å². The van der Waals surface area contributed by atoms with E-state index in [0.717, 1.165) is 64.2 Å². The van der Waals surface area contributed by atoms with Gasteiger partial charge < -0.3 is 19.3 Å². The second-order valence-corrected chi connectivity index (χ2v) is 13.1. The van der Waals surface area contributed by atoms with Gasteiger partial charge in [-0.2, -0.15) is 0 Å². The van der Waals surface area contributed by atoms with Crippen LogP contribution >= 0.6 is 7.82 Å². The van der Waals surface area contributed by atoms with E-state index in [9.17, 15) is 14.2 Å². The molecular weight excluding hydrogens is 591 g/mol. The van der Waals surface area contributed by atoms with E-state index < -0.39 is 32.5 Å². The molecule has 0 unspecified atom stereocenters. The average molecular weight is 657 g/mol. The standard InChI is InChI=1S/C36H65O8P/c1-3-5-7-9-11-13-15-17-18-19-21-22-24-26-28-30-35(37)42-32-34(33-43-45(39,40)41)44-36(38)31-29-27-25-23-20-16-14-12-10-8-6-4-2/h12,14,17-18,21-22,34H,3-11,13,15-16,19-20,23-33H2,1-2H3,(H2,39,40,41)/b14-12+,18-17+,22-21+/t34-/m1/s1. The number of ether oxygens (including phenoxy) is 2. The third-order valence-electron chi connectivity index (χ3n) is 7.38. The summed E-state index contributed by atoms with van der Waals surface area (Å²) in [5.41, 5.74) is 0. The lowest BCUT2D eigenvalue weighted by Crippen LogP contribution is -2.29. The molecule has 8 nitrogen and oxygen atoms in total. The fourth-order valence-electron chi connectivity index (χ4n) is 4.69. The highest BCUT2D eigenvalue weighted by molar-refractivity contribution is 7.46. The largest absolute Gasteiger partial charge is 0.469 e. The molecule has 0 aliphatic carbocycles. The summed E-state index contributed by atoms with van der Waals surface area (Å²) < 4.78 is 26.2. The quantitative estimate of drug-likeness (QED) is 0.0318. The highest BCUT2D eigenvalue weighted by atomic mass is 31.2. The molecule has 0 aromatic rings. The number of rotatable bonds is 32. The Morgan fingerprint density at radius 1 is 0.578 bits per heavy atom. The maximum absolute atomic E-state index is 12.3. The minimum absolute atomic E-state index is 0.195. The Morgan fingerprint density at radius 3 is 1.58 bits per heavy atom. The summed E-state index contributed by atoms with van der Waals surface area (Å²) in [5.74, 6) is -0.936. The van der Waals surface area contributed by atoms with E-state index in [-0.39, 0.29) is 19.4 Å². The topological polar surface area (TPSA) is 119 Å². The molecule has 262 valence electrons. The van der Waals surface area contributed by atoms with Crippen LogP contribution in [0.4, 0.5) is 0 Å². The number of esters is 2. The molecule has 0 bridgehead atoms. The molecule has 0 fully saturated rings. The van der Waals surface area contributed by atoms with E-state index in [4.69, 9.17) is 19.3 Å². The molecule has 0 heterocycles. The maximum Gasteiger partial charge on any atom is 0.469 e. The predicted octanol–water partition coefficient (Wildman–Crippen LogP) is 10.2. The summed E-state index contributed by atoms with van der Waals surface area (Å²) in [4.78, 5) is 42.5. The highest BCUT2D eigenvalue weighted by Gasteiger charge is 2.22. The van der Waals surface area contributed by atoms with Crippen LogP contribution in [0, 0.1) is 0 Å². The number of hydrogen-bond donors (Lipinski definition) is 2. The van der Waals surface area contributed by atoms with Crippen molar-refractivity contribution in [3.63, 3.8) is 0 Å². The Balaban J connectivity index is 4.06. The van der Waals surface area contributed by atoms with Gasteiger partial charge in [-0.15, -0.1) is 0 Å². The lowest BCUT2D eigenvalue weighted by molar-refractivity contribution is -0.161. The number of phosphoric ester groups is 1. The van der Waals surface area contributed by atoms with Crippen molar-refractivity contribution >= 4 is 19.8 Å².